The van der Waals surface area contributed by atoms with Crippen LogP contribution >= 0.6 is 11.3 Å². The van der Waals surface area contributed by atoms with Crippen molar-refractivity contribution in [1.82, 2.24) is 9.88 Å². The maximum atomic E-state index is 12.7. The number of nitrogens with two attached hydrogens (primary N) is 1. The Hall–Kier alpha value is -2.44. The second-order valence-electron chi connectivity index (χ2n) is 6.73. The predicted octanol–water partition coefficient (Wildman–Crippen LogP) is 3.82. The van der Waals surface area contributed by atoms with E-state index in [1.54, 1.807) is 0 Å². The van der Waals surface area contributed by atoms with Gasteiger partial charge in [0.2, 0.25) is 0 Å². The molecule has 2 aromatic heterocycles. The molecule has 26 heavy (non-hydrogen) atoms. The Morgan fingerprint density at radius 2 is 2.12 bits per heavy atom. The molecule has 1 aliphatic heterocycles. The van der Waals surface area contributed by atoms with Gasteiger partial charge in [0.05, 0.1) is 5.69 Å². The van der Waals surface area contributed by atoms with Crippen molar-refractivity contribution in [2.45, 2.75) is 26.8 Å². The van der Waals surface area contributed by atoms with Crippen molar-refractivity contribution in [3.05, 3.63) is 52.0 Å². The normalized spacial score (nSPS) is 14.4. The first-order valence-corrected chi connectivity index (χ1v) is 9.68. The smallest absolute Gasteiger partial charge is 0.267 e. The van der Waals surface area contributed by atoms with Crippen LogP contribution in [0, 0.1) is 6.92 Å². The minimum atomic E-state index is -0.178. The number of amides is 1. The van der Waals surface area contributed by atoms with Crippen LogP contribution in [0.15, 0.2) is 30.3 Å². The van der Waals surface area contributed by atoms with Gasteiger partial charge in [0.1, 0.15) is 9.71 Å². The topological polar surface area (TPSA) is 71.2 Å². The van der Waals surface area contributed by atoms with Gasteiger partial charge in [-0.1, -0.05) is 24.6 Å². The third kappa shape index (κ3) is 3.06. The van der Waals surface area contributed by atoms with Gasteiger partial charge in [-0.25, -0.2) is 4.98 Å². The van der Waals surface area contributed by atoms with Crippen molar-refractivity contribution >= 4 is 38.8 Å². The number of nitrogens with one attached hydrogen (secondary N) is 1. The molecule has 6 heteroatoms. The lowest BCUT2D eigenvalue weighted by atomic mass is 10.0. The number of benzene rings is 1. The zero-order valence-corrected chi connectivity index (χ0v) is 15.8. The summed E-state index contributed by atoms with van der Waals surface area (Å²) in [7, 11) is 0. The molecular formula is C20H22N4OS. The molecule has 3 heterocycles. The highest BCUT2D eigenvalue weighted by atomic mass is 32.1. The van der Waals surface area contributed by atoms with Crippen molar-refractivity contribution in [2.75, 3.05) is 24.1 Å². The summed E-state index contributed by atoms with van der Waals surface area (Å²) in [4.78, 5) is 21.3. The van der Waals surface area contributed by atoms with Gasteiger partial charge in [-0.3, -0.25) is 9.69 Å². The highest BCUT2D eigenvalue weighted by Crippen LogP contribution is 2.35. The summed E-state index contributed by atoms with van der Waals surface area (Å²) in [5.74, 6) is -0.178. The van der Waals surface area contributed by atoms with Crippen LogP contribution in [0.4, 0.5) is 11.4 Å². The Morgan fingerprint density at radius 3 is 2.85 bits per heavy atom. The lowest BCUT2D eigenvalue weighted by Crippen LogP contribution is -2.30. The number of aromatic nitrogens is 1. The molecule has 5 nitrogen and oxygen atoms in total. The lowest BCUT2D eigenvalue weighted by molar-refractivity contribution is 0.103. The quantitative estimate of drug-likeness (QED) is 0.739. The Bertz CT molecular complexity index is 978. The van der Waals surface area contributed by atoms with Gasteiger partial charge in [0, 0.05) is 36.3 Å². The van der Waals surface area contributed by atoms with E-state index < -0.39 is 0 Å². The number of pyridine rings is 1. The van der Waals surface area contributed by atoms with Crippen molar-refractivity contribution in [2.24, 2.45) is 0 Å². The largest absolute Gasteiger partial charge is 0.397 e. The Kier molecular flexibility index (Phi) is 4.38. The molecule has 3 aromatic rings. The zero-order chi connectivity index (χ0) is 18.3. The monoisotopic (exact) mass is 366 g/mol. The molecule has 1 amide bonds. The number of nitrogens with zero attached hydrogens (tertiary/aromatic N) is 2. The van der Waals surface area contributed by atoms with E-state index in [1.807, 2.05) is 31.2 Å². The van der Waals surface area contributed by atoms with Gasteiger partial charge in [0.25, 0.3) is 5.91 Å². The van der Waals surface area contributed by atoms with Crippen molar-refractivity contribution in [1.29, 1.82) is 0 Å². The molecule has 0 aliphatic carbocycles. The molecule has 0 radical (unpaired) electrons. The van der Waals surface area contributed by atoms with Gasteiger partial charge in [-0.15, -0.1) is 11.3 Å². The van der Waals surface area contributed by atoms with Crippen LogP contribution in [0.3, 0.4) is 0 Å². The summed E-state index contributed by atoms with van der Waals surface area (Å²) < 4.78 is 0. The van der Waals surface area contributed by atoms with Gasteiger partial charge >= 0.3 is 0 Å². The van der Waals surface area contributed by atoms with Crippen LogP contribution in [-0.4, -0.2) is 28.9 Å². The molecule has 1 aromatic carbocycles. The second-order valence-corrected chi connectivity index (χ2v) is 7.73. The number of likely N-dealkylation sites (N-methyl/N-ethyl adjacent to an activating group) is 1. The molecule has 4 rings (SSSR count). The highest BCUT2D eigenvalue weighted by Gasteiger charge is 2.22. The second kappa shape index (κ2) is 6.70. The number of nitrogen functional groups attached to an aromatic ring is 1. The molecule has 0 spiro atoms. The number of hydrogen-bond donors (Lipinski definition) is 2. The molecule has 0 fully saturated rings. The van der Waals surface area contributed by atoms with Crippen molar-refractivity contribution in [3.63, 3.8) is 0 Å². The van der Waals surface area contributed by atoms with E-state index in [4.69, 9.17) is 10.7 Å². The van der Waals surface area contributed by atoms with Crippen LogP contribution in [0.2, 0.25) is 0 Å². The Labute approximate surface area is 156 Å². The van der Waals surface area contributed by atoms with E-state index in [0.29, 0.717) is 10.6 Å². The summed E-state index contributed by atoms with van der Waals surface area (Å²) in [6, 6.07) is 9.85. The number of carbonyl (C=O) groups is 1. The predicted molar refractivity (Wildman–Crippen MR) is 108 cm³/mol. The molecule has 0 bridgehead atoms. The van der Waals surface area contributed by atoms with E-state index in [-0.39, 0.29) is 5.91 Å². The molecule has 134 valence electrons. The van der Waals surface area contributed by atoms with Gasteiger partial charge in [-0.2, -0.15) is 0 Å². The fraction of sp³-hybridized carbons (Fsp3) is 0.300. The molecule has 0 unspecified atom stereocenters. The number of carbonyl (C=O) groups excluding carboxylic acids is 1. The summed E-state index contributed by atoms with van der Waals surface area (Å²) >= 11 is 1.37. The molecule has 3 N–H and O–H groups in total. The van der Waals surface area contributed by atoms with Crippen LogP contribution in [0.25, 0.3) is 10.2 Å². The Morgan fingerprint density at radius 1 is 1.35 bits per heavy atom. The molecule has 1 aliphatic rings. The van der Waals surface area contributed by atoms with E-state index in [2.05, 4.69) is 23.2 Å². The average molecular weight is 366 g/mol. The summed E-state index contributed by atoms with van der Waals surface area (Å²) in [6.45, 7) is 7.14. The average Bonchev–Trinajstić information content (AvgIpc) is 2.97. The van der Waals surface area contributed by atoms with Gasteiger partial charge < -0.3 is 11.1 Å². The molecule has 0 saturated carbocycles. The number of rotatable bonds is 3. The van der Waals surface area contributed by atoms with Crippen LogP contribution in [-0.2, 0) is 13.0 Å². The number of thiophene rings is 1. The van der Waals surface area contributed by atoms with E-state index in [0.717, 1.165) is 53.2 Å². The summed E-state index contributed by atoms with van der Waals surface area (Å²) in [6.07, 6.45) is 0.946. The van der Waals surface area contributed by atoms with E-state index in [1.165, 1.54) is 16.9 Å². The molecule has 0 saturated heterocycles. The zero-order valence-electron chi connectivity index (χ0n) is 15.0. The minimum absolute atomic E-state index is 0.178. The summed E-state index contributed by atoms with van der Waals surface area (Å²) in [5, 5.41) is 3.82. The maximum absolute atomic E-state index is 12.7. The number of fused-ring (bicyclic) bond motifs is 2. The number of aryl methyl sites for hydroxylation is 1. The first kappa shape index (κ1) is 17.0. The van der Waals surface area contributed by atoms with Crippen molar-refractivity contribution in [3.8, 4) is 0 Å². The first-order chi connectivity index (χ1) is 12.5. The highest BCUT2D eigenvalue weighted by molar-refractivity contribution is 7.21. The first-order valence-electron chi connectivity index (χ1n) is 8.86. The summed E-state index contributed by atoms with van der Waals surface area (Å²) in [5.41, 5.74) is 11.1. The van der Waals surface area contributed by atoms with Crippen LogP contribution in [0.1, 0.15) is 33.4 Å². The maximum Gasteiger partial charge on any atom is 0.267 e. The van der Waals surface area contributed by atoms with E-state index >= 15 is 0 Å². The minimum Gasteiger partial charge on any atom is -0.397 e. The van der Waals surface area contributed by atoms with Gasteiger partial charge in [0.15, 0.2) is 0 Å². The lowest BCUT2D eigenvalue weighted by Gasteiger charge is -2.26. The number of anilines is 2. The molecule has 0 atom stereocenters. The Balaban J connectivity index is 1.67. The SMILES string of the molecule is CCN1CCc2nc3sc(C(=O)Nc4ccc(C)cc4)c(N)c3cc2C1. The standard InChI is InChI=1S/C20H22N4OS/c1-3-24-9-8-16-13(11-24)10-15-17(21)18(26-20(15)23-16)19(25)22-14-6-4-12(2)5-7-14/h4-7,10H,3,8-9,11,21H2,1-2H3,(H,22,25). The van der Waals surface area contributed by atoms with Crippen LogP contribution in [0.5, 0.6) is 0 Å². The van der Waals surface area contributed by atoms with Crippen molar-refractivity contribution < 1.29 is 4.79 Å². The fourth-order valence-corrected chi connectivity index (χ4v) is 4.31. The van der Waals surface area contributed by atoms with Gasteiger partial charge in [-0.05, 0) is 37.2 Å². The number of hydrogen-bond acceptors (Lipinski definition) is 5. The van der Waals surface area contributed by atoms with Crippen LogP contribution < -0.4 is 11.1 Å². The molecular weight excluding hydrogens is 344 g/mol. The third-order valence-corrected chi connectivity index (χ3v) is 6.03. The van der Waals surface area contributed by atoms with E-state index in [9.17, 15) is 4.79 Å². The third-order valence-electron chi connectivity index (χ3n) is 4.91. The fourth-order valence-electron chi connectivity index (χ4n) is 3.32.